The number of carbonyl (C=O) groups excluding carboxylic acids is 2. The predicted molar refractivity (Wildman–Crippen MR) is 156 cm³/mol. The molecule has 0 heterocycles. The third-order valence-corrected chi connectivity index (χ3v) is 13.6. The van der Waals surface area contributed by atoms with Gasteiger partial charge in [0.1, 0.15) is 6.10 Å². The van der Waals surface area contributed by atoms with Crippen LogP contribution in [0.4, 0.5) is 0 Å². The number of esters is 2. The summed E-state index contributed by atoms with van der Waals surface area (Å²) in [4.78, 5) is 23.8. The molecule has 1 unspecified atom stereocenters. The Bertz CT molecular complexity index is 973. The summed E-state index contributed by atoms with van der Waals surface area (Å²) in [7, 11) is 0. The molecular formula is C34H58O6. The van der Waals surface area contributed by atoms with E-state index in [-0.39, 0.29) is 69.0 Å². The normalized spacial score (nSPS) is 46.0. The minimum absolute atomic E-state index is 0.0310. The smallest absolute Gasteiger partial charge is 0.302 e. The Labute approximate surface area is 243 Å². The standard InChI is InChI=1S/C34H58O6/c1-22(36)39-21-34-17-15-29(3,4)20-24(34)28(38)33(9,16-18-34)32(8)14-10-25-30(5,6)27(40-23(2)37)11-13-31(25,7)26(32)12-19-35/h24-28,35,38H,10-21H2,1-9H3/t24-,25-,26+,27-,28?,31-,32+,33+,34+/m0/s1. The predicted octanol–water partition coefficient (Wildman–Crippen LogP) is 6.70. The summed E-state index contributed by atoms with van der Waals surface area (Å²) in [6, 6.07) is 0. The van der Waals surface area contributed by atoms with Gasteiger partial charge in [0.2, 0.25) is 0 Å². The van der Waals surface area contributed by atoms with Crippen molar-refractivity contribution >= 4 is 11.9 Å². The highest BCUT2D eigenvalue weighted by Gasteiger charge is 2.68. The number of ether oxygens (including phenoxy) is 2. The van der Waals surface area contributed by atoms with Crippen molar-refractivity contribution in [2.75, 3.05) is 13.2 Å². The summed E-state index contributed by atoms with van der Waals surface area (Å²) in [5, 5.41) is 23.0. The summed E-state index contributed by atoms with van der Waals surface area (Å²) in [6.45, 7) is 19.9. The maximum Gasteiger partial charge on any atom is 0.302 e. The minimum atomic E-state index is -0.506. The largest absolute Gasteiger partial charge is 0.465 e. The zero-order valence-corrected chi connectivity index (χ0v) is 26.9. The van der Waals surface area contributed by atoms with Crippen molar-refractivity contribution in [3.63, 3.8) is 0 Å². The molecule has 0 saturated heterocycles. The van der Waals surface area contributed by atoms with Crippen molar-refractivity contribution in [2.45, 2.75) is 139 Å². The van der Waals surface area contributed by atoms with Crippen molar-refractivity contribution in [2.24, 2.45) is 50.2 Å². The molecule has 0 radical (unpaired) electrons. The lowest BCUT2D eigenvalue weighted by molar-refractivity contribution is -0.253. The molecule has 0 aromatic rings. The Morgan fingerprint density at radius 2 is 1.48 bits per heavy atom. The lowest BCUT2D eigenvalue weighted by atomic mass is 9.35. The van der Waals surface area contributed by atoms with Gasteiger partial charge < -0.3 is 19.7 Å². The monoisotopic (exact) mass is 562 g/mol. The quantitative estimate of drug-likeness (QED) is 0.350. The van der Waals surface area contributed by atoms with Crippen molar-refractivity contribution in [3.05, 3.63) is 0 Å². The van der Waals surface area contributed by atoms with E-state index in [0.717, 1.165) is 64.2 Å². The SMILES string of the molecule is CC(=O)OC[C@]12CCC(C)(C)C[C@H]1C(O)[C@](C)([C@]1(C)CC[C@H]3C(C)(C)[C@@H](OC(C)=O)CC[C@]3(C)[C@H]1CCO)CC2. The van der Waals surface area contributed by atoms with E-state index in [1.807, 2.05) is 0 Å². The molecule has 6 nitrogen and oxygen atoms in total. The highest BCUT2D eigenvalue weighted by Crippen LogP contribution is 2.72. The van der Waals surface area contributed by atoms with E-state index in [2.05, 4.69) is 48.5 Å². The second kappa shape index (κ2) is 10.5. The van der Waals surface area contributed by atoms with E-state index in [0.29, 0.717) is 12.5 Å². The van der Waals surface area contributed by atoms with Crippen LogP contribution in [0, 0.1) is 50.2 Å². The summed E-state index contributed by atoms with van der Waals surface area (Å²) >= 11 is 0. The Morgan fingerprint density at radius 1 is 0.825 bits per heavy atom. The number of hydrogen-bond donors (Lipinski definition) is 2. The van der Waals surface area contributed by atoms with Crippen molar-refractivity contribution in [1.82, 2.24) is 0 Å². The molecule has 2 N–H and O–H groups in total. The van der Waals surface area contributed by atoms with Gasteiger partial charge in [-0.3, -0.25) is 9.59 Å². The van der Waals surface area contributed by atoms with Crippen LogP contribution in [0.25, 0.3) is 0 Å². The van der Waals surface area contributed by atoms with Gasteiger partial charge in [0.05, 0.1) is 12.7 Å². The molecule has 4 aliphatic rings. The van der Waals surface area contributed by atoms with Crippen LogP contribution in [0.2, 0.25) is 0 Å². The second-order valence-corrected chi connectivity index (χ2v) is 16.5. The summed E-state index contributed by atoms with van der Waals surface area (Å²) in [5.74, 6) is 0.221. The molecule has 40 heavy (non-hydrogen) atoms. The first-order valence-electron chi connectivity index (χ1n) is 16.0. The van der Waals surface area contributed by atoms with Crippen molar-refractivity contribution < 1.29 is 29.3 Å². The van der Waals surface area contributed by atoms with Gasteiger partial charge in [0.15, 0.2) is 0 Å². The molecule has 4 aliphatic carbocycles. The van der Waals surface area contributed by atoms with Gasteiger partial charge in [-0.2, -0.15) is 0 Å². The zero-order valence-electron chi connectivity index (χ0n) is 26.9. The minimum Gasteiger partial charge on any atom is -0.465 e. The van der Waals surface area contributed by atoms with Crippen LogP contribution in [-0.2, 0) is 19.1 Å². The Kier molecular flexibility index (Phi) is 8.38. The molecular weight excluding hydrogens is 504 g/mol. The molecule has 6 heteroatoms. The number of rotatable bonds is 6. The van der Waals surface area contributed by atoms with E-state index < -0.39 is 6.10 Å². The molecule has 0 amide bonds. The van der Waals surface area contributed by atoms with Crippen molar-refractivity contribution in [1.29, 1.82) is 0 Å². The maximum atomic E-state index is 12.6. The fourth-order valence-electron chi connectivity index (χ4n) is 11.1. The van der Waals surface area contributed by atoms with Gasteiger partial charge in [0, 0.05) is 31.3 Å². The van der Waals surface area contributed by atoms with Gasteiger partial charge >= 0.3 is 11.9 Å². The highest BCUT2D eigenvalue weighted by atomic mass is 16.5. The van der Waals surface area contributed by atoms with E-state index >= 15 is 0 Å². The van der Waals surface area contributed by atoms with Gasteiger partial charge in [-0.05, 0) is 104 Å². The number of fused-ring (bicyclic) bond motifs is 2. The van der Waals surface area contributed by atoms with Gasteiger partial charge in [-0.25, -0.2) is 0 Å². The first-order valence-corrected chi connectivity index (χ1v) is 16.0. The highest BCUT2D eigenvalue weighted by molar-refractivity contribution is 5.66. The first-order chi connectivity index (χ1) is 18.4. The number of aliphatic hydroxyl groups excluding tert-OH is 2. The van der Waals surface area contributed by atoms with E-state index in [1.54, 1.807) is 0 Å². The Morgan fingerprint density at radius 3 is 2.08 bits per heavy atom. The van der Waals surface area contributed by atoms with E-state index in [4.69, 9.17) is 9.47 Å². The zero-order chi connectivity index (χ0) is 29.9. The molecule has 0 spiro atoms. The van der Waals surface area contributed by atoms with Gasteiger partial charge in [-0.1, -0.05) is 48.5 Å². The van der Waals surface area contributed by atoms with Crippen molar-refractivity contribution in [3.8, 4) is 0 Å². The summed E-state index contributed by atoms with van der Waals surface area (Å²) < 4.78 is 11.6. The molecule has 0 bridgehead atoms. The van der Waals surface area contributed by atoms with Crippen LogP contribution in [0.5, 0.6) is 0 Å². The molecule has 0 aromatic carbocycles. The number of hydrogen-bond acceptors (Lipinski definition) is 6. The molecule has 4 rings (SSSR count). The van der Waals surface area contributed by atoms with Gasteiger partial charge in [-0.15, -0.1) is 0 Å². The van der Waals surface area contributed by atoms with E-state index in [9.17, 15) is 19.8 Å². The molecule has 4 fully saturated rings. The molecule has 4 saturated carbocycles. The lowest BCUT2D eigenvalue weighted by Gasteiger charge is -2.70. The van der Waals surface area contributed by atoms with Crippen LogP contribution in [-0.4, -0.2) is 47.6 Å². The summed E-state index contributed by atoms with van der Waals surface area (Å²) in [6.07, 6.45) is 8.75. The van der Waals surface area contributed by atoms with Crippen LogP contribution in [0.1, 0.15) is 127 Å². The Balaban J connectivity index is 1.72. The lowest BCUT2D eigenvalue weighted by Crippen LogP contribution is -2.67. The third kappa shape index (κ3) is 4.95. The summed E-state index contributed by atoms with van der Waals surface area (Å²) in [5.41, 5.74) is -0.718. The van der Waals surface area contributed by atoms with Gasteiger partial charge in [0.25, 0.3) is 0 Å². The molecule has 0 aliphatic heterocycles. The third-order valence-electron chi connectivity index (χ3n) is 13.6. The van der Waals surface area contributed by atoms with Crippen LogP contribution >= 0.6 is 0 Å². The van der Waals surface area contributed by atoms with Crippen LogP contribution in [0.15, 0.2) is 0 Å². The molecule has 9 atom stereocenters. The fourth-order valence-corrected chi connectivity index (χ4v) is 11.1. The number of carbonyl (C=O) groups is 2. The average molecular weight is 563 g/mol. The fraction of sp³-hybridized carbons (Fsp3) is 0.941. The molecule has 230 valence electrons. The maximum absolute atomic E-state index is 12.6. The van der Waals surface area contributed by atoms with Crippen LogP contribution < -0.4 is 0 Å². The van der Waals surface area contributed by atoms with E-state index in [1.165, 1.54) is 13.8 Å². The molecule has 0 aromatic heterocycles. The first kappa shape index (κ1) is 31.8. The topological polar surface area (TPSA) is 93.1 Å². The van der Waals surface area contributed by atoms with Crippen LogP contribution in [0.3, 0.4) is 0 Å². The number of aliphatic hydroxyl groups is 2. The second-order valence-electron chi connectivity index (χ2n) is 16.5. The average Bonchev–Trinajstić information content (AvgIpc) is 2.85. The Hall–Kier alpha value is -1.14.